The molecule has 2 rings (SSSR count). The summed E-state index contributed by atoms with van der Waals surface area (Å²) < 4.78 is 23.9. The van der Waals surface area contributed by atoms with Gasteiger partial charge in [-0.25, -0.2) is 9.18 Å². The van der Waals surface area contributed by atoms with Gasteiger partial charge >= 0.3 is 5.97 Å². The van der Waals surface area contributed by atoms with Gasteiger partial charge in [0.05, 0.1) is 10.6 Å². The third-order valence-electron chi connectivity index (χ3n) is 3.80. The molecule has 0 fully saturated rings. The lowest BCUT2D eigenvalue weighted by Crippen LogP contribution is -2.45. The van der Waals surface area contributed by atoms with Gasteiger partial charge in [-0.2, -0.15) is 0 Å². The second-order valence-electron chi connectivity index (χ2n) is 6.27. The third kappa shape index (κ3) is 6.11. The molecule has 0 heterocycles. The van der Waals surface area contributed by atoms with Crippen molar-refractivity contribution >= 4 is 35.1 Å². The van der Waals surface area contributed by atoms with Crippen molar-refractivity contribution in [1.29, 1.82) is 0 Å². The molecule has 28 heavy (non-hydrogen) atoms. The smallest absolute Gasteiger partial charge is 0.329 e. The maximum absolute atomic E-state index is 13.5. The monoisotopic (exact) mass is 427 g/mol. The van der Waals surface area contributed by atoms with Gasteiger partial charge in [-0.3, -0.25) is 4.79 Å². The fourth-order valence-electron chi connectivity index (χ4n) is 2.34. The van der Waals surface area contributed by atoms with Crippen LogP contribution in [0.25, 0.3) is 0 Å². The number of ether oxygens (including phenoxy) is 2. The van der Waals surface area contributed by atoms with Crippen LogP contribution in [-0.4, -0.2) is 31.1 Å². The van der Waals surface area contributed by atoms with E-state index in [2.05, 4.69) is 5.32 Å². The average molecular weight is 428 g/mol. The molecule has 0 spiro atoms. The Balaban J connectivity index is 1.90. The lowest BCUT2D eigenvalue weighted by Gasteiger charge is -2.21. The number of benzene rings is 2. The zero-order chi connectivity index (χ0) is 20.7. The maximum Gasteiger partial charge on any atom is 0.329 e. The highest BCUT2D eigenvalue weighted by Gasteiger charge is 2.27. The van der Waals surface area contributed by atoms with Crippen LogP contribution in [0.2, 0.25) is 10.0 Å². The highest BCUT2D eigenvalue weighted by atomic mass is 35.5. The van der Waals surface area contributed by atoms with Crippen molar-refractivity contribution in [3.8, 4) is 5.75 Å². The molecular weight excluding hydrogens is 408 g/mol. The van der Waals surface area contributed by atoms with Crippen LogP contribution in [0, 0.1) is 11.7 Å². The summed E-state index contributed by atoms with van der Waals surface area (Å²) in [6.45, 7) is 3.43. The molecule has 0 bridgehead atoms. The van der Waals surface area contributed by atoms with Crippen LogP contribution in [0.3, 0.4) is 0 Å². The first-order chi connectivity index (χ1) is 13.3. The van der Waals surface area contributed by atoms with Gasteiger partial charge in [0.25, 0.3) is 5.91 Å². The fraction of sp³-hybridized carbons (Fsp3) is 0.300. The Bertz CT molecular complexity index is 845. The van der Waals surface area contributed by atoms with Crippen LogP contribution >= 0.6 is 23.2 Å². The van der Waals surface area contributed by atoms with E-state index in [1.165, 1.54) is 30.3 Å². The number of hydrogen-bond donors (Lipinski definition) is 1. The van der Waals surface area contributed by atoms with E-state index in [-0.39, 0.29) is 35.5 Å². The second-order valence-corrected chi connectivity index (χ2v) is 7.11. The highest BCUT2D eigenvalue weighted by molar-refractivity contribution is 6.36. The molecule has 1 amide bonds. The van der Waals surface area contributed by atoms with E-state index >= 15 is 0 Å². The molecule has 0 aliphatic heterocycles. The van der Waals surface area contributed by atoms with Crippen molar-refractivity contribution < 1.29 is 23.5 Å². The van der Waals surface area contributed by atoms with Gasteiger partial charge in [0.2, 0.25) is 0 Å². The Morgan fingerprint density at radius 2 is 1.82 bits per heavy atom. The van der Waals surface area contributed by atoms with Crippen molar-refractivity contribution in [1.82, 2.24) is 5.32 Å². The van der Waals surface area contributed by atoms with Gasteiger partial charge in [0.15, 0.2) is 11.6 Å². The highest BCUT2D eigenvalue weighted by Crippen LogP contribution is 2.21. The van der Waals surface area contributed by atoms with E-state index in [0.29, 0.717) is 5.02 Å². The van der Waals surface area contributed by atoms with Crippen molar-refractivity contribution in [2.75, 3.05) is 13.2 Å². The zero-order valence-corrected chi connectivity index (χ0v) is 16.9. The molecule has 0 aliphatic rings. The lowest BCUT2D eigenvalue weighted by atomic mass is 10.0. The maximum atomic E-state index is 13.5. The topological polar surface area (TPSA) is 64.6 Å². The minimum Gasteiger partial charge on any atom is -0.487 e. The first kappa shape index (κ1) is 22.0. The number of carbonyl (C=O) groups excluding carboxylic acids is 2. The largest absolute Gasteiger partial charge is 0.487 e. The van der Waals surface area contributed by atoms with E-state index < -0.39 is 23.7 Å². The minimum absolute atomic E-state index is 0.0194. The van der Waals surface area contributed by atoms with Crippen molar-refractivity contribution in [3.05, 3.63) is 63.9 Å². The first-order valence-electron chi connectivity index (χ1n) is 8.59. The normalized spacial score (nSPS) is 11.8. The Kier molecular flexibility index (Phi) is 8.08. The van der Waals surface area contributed by atoms with Gasteiger partial charge in [0.1, 0.15) is 19.3 Å². The summed E-state index contributed by atoms with van der Waals surface area (Å²) >= 11 is 11.9. The summed E-state index contributed by atoms with van der Waals surface area (Å²) in [5.74, 6) is -1.79. The van der Waals surface area contributed by atoms with Gasteiger partial charge < -0.3 is 14.8 Å². The molecule has 0 aliphatic carbocycles. The fourth-order valence-corrected chi connectivity index (χ4v) is 2.83. The molecule has 0 aromatic heterocycles. The molecule has 5 nitrogen and oxygen atoms in total. The van der Waals surface area contributed by atoms with E-state index in [9.17, 15) is 14.0 Å². The first-order valence-corrected chi connectivity index (χ1v) is 9.35. The van der Waals surface area contributed by atoms with E-state index in [1.807, 2.05) is 0 Å². The molecule has 2 aromatic rings. The quantitative estimate of drug-likeness (QED) is 0.497. The molecule has 0 saturated carbocycles. The summed E-state index contributed by atoms with van der Waals surface area (Å²) in [5.41, 5.74) is 0.201. The predicted molar refractivity (Wildman–Crippen MR) is 105 cm³/mol. The number of para-hydroxylation sites is 1. The predicted octanol–water partition coefficient (Wildman–Crippen LogP) is 4.51. The summed E-state index contributed by atoms with van der Waals surface area (Å²) in [7, 11) is 0. The van der Waals surface area contributed by atoms with Gasteiger partial charge in [0, 0.05) is 5.02 Å². The third-order valence-corrected chi connectivity index (χ3v) is 4.35. The van der Waals surface area contributed by atoms with E-state index in [1.54, 1.807) is 26.0 Å². The summed E-state index contributed by atoms with van der Waals surface area (Å²) in [6.07, 6.45) is 0. The molecule has 2 aromatic carbocycles. The number of esters is 1. The molecule has 8 heteroatoms. The van der Waals surface area contributed by atoms with Crippen LogP contribution in [-0.2, 0) is 9.53 Å². The number of halogens is 3. The summed E-state index contributed by atoms with van der Waals surface area (Å²) in [6, 6.07) is 9.50. The van der Waals surface area contributed by atoms with Crippen LogP contribution in [0.15, 0.2) is 42.5 Å². The van der Waals surface area contributed by atoms with Gasteiger partial charge in [-0.15, -0.1) is 0 Å². The van der Waals surface area contributed by atoms with E-state index in [0.717, 1.165) is 0 Å². The molecule has 0 saturated heterocycles. The van der Waals surface area contributed by atoms with Crippen LogP contribution in [0.5, 0.6) is 5.75 Å². The Morgan fingerprint density at radius 1 is 1.11 bits per heavy atom. The standard InChI is InChI=1S/C20H20Cl2FNO4/c1-12(2)18(24-19(25)14-8-7-13(21)11-15(14)22)20(26)28-10-9-27-17-6-4-3-5-16(17)23/h3-8,11-12,18H,9-10H2,1-2H3,(H,24,25)/t18-/m0/s1. The molecule has 0 unspecified atom stereocenters. The zero-order valence-electron chi connectivity index (χ0n) is 15.4. The molecule has 0 radical (unpaired) electrons. The van der Waals surface area contributed by atoms with Crippen LogP contribution in [0.4, 0.5) is 4.39 Å². The lowest BCUT2D eigenvalue weighted by molar-refractivity contribution is -0.147. The minimum atomic E-state index is -0.882. The average Bonchev–Trinajstić information content (AvgIpc) is 2.64. The Hall–Kier alpha value is -2.31. The number of amides is 1. The number of rotatable bonds is 8. The number of hydrogen-bond acceptors (Lipinski definition) is 4. The Morgan fingerprint density at radius 3 is 2.46 bits per heavy atom. The van der Waals surface area contributed by atoms with Crippen molar-refractivity contribution in [2.45, 2.75) is 19.9 Å². The second kappa shape index (κ2) is 10.3. The van der Waals surface area contributed by atoms with E-state index in [4.69, 9.17) is 32.7 Å². The number of nitrogens with one attached hydrogen (secondary N) is 1. The summed E-state index contributed by atoms with van der Waals surface area (Å²) in [5, 5.41) is 3.20. The van der Waals surface area contributed by atoms with Crippen LogP contribution in [0.1, 0.15) is 24.2 Å². The van der Waals surface area contributed by atoms with Crippen molar-refractivity contribution in [2.24, 2.45) is 5.92 Å². The van der Waals surface area contributed by atoms with Crippen molar-refractivity contribution in [3.63, 3.8) is 0 Å². The molecule has 1 N–H and O–H groups in total. The van der Waals surface area contributed by atoms with Gasteiger partial charge in [-0.05, 0) is 36.2 Å². The SMILES string of the molecule is CC(C)[C@H](NC(=O)c1ccc(Cl)cc1Cl)C(=O)OCCOc1ccccc1F. The summed E-state index contributed by atoms with van der Waals surface area (Å²) in [4.78, 5) is 24.8. The molecule has 1 atom stereocenters. The molecular formula is C20H20Cl2FNO4. The Labute approximate surface area is 172 Å². The van der Waals surface area contributed by atoms with Crippen LogP contribution < -0.4 is 10.1 Å². The van der Waals surface area contributed by atoms with Gasteiger partial charge in [-0.1, -0.05) is 49.2 Å². The number of carbonyl (C=O) groups is 2. The molecule has 150 valence electrons.